The van der Waals surface area contributed by atoms with Gasteiger partial charge in [-0.3, -0.25) is 4.79 Å². The molecule has 0 atom stereocenters. The summed E-state index contributed by atoms with van der Waals surface area (Å²) in [4.78, 5) is 25.2. The van der Waals surface area contributed by atoms with Crippen molar-refractivity contribution in [1.82, 2.24) is 0 Å². The SMILES string of the molecule is Cc1ccc(C(=O)Nc2sc(C)c(-c3ccccc3)c2C(=O)O)cc1. The van der Waals surface area contributed by atoms with E-state index in [1.165, 1.54) is 11.3 Å². The van der Waals surface area contributed by atoms with Crippen LogP contribution in [0.5, 0.6) is 0 Å². The lowest BCUT2D eigenvalue weighted by Gasteiger charge is -2.06. The minimum Gasteiger partial charge on any atom is -0.478 e. The van der Waals surface area contributed by atoms with Crippen molar-refractivity contribution < 1.29 is 14.7 Å². The van der Waals surface area contributed by atoms with Crippen molar-refractivity contribution in [2.75, 3.05) is 5.32 Å². The van der Waals surface area contributed by atoms with Crippen LogP contribution < -0.4 is 5.32 Å². The topological polar surface area (TPSA) is 66.4 Å². The molecule has 2 aromatic carbocycles. The van der Waals surface area contributed by atoms with Gasteiger partial charge in [-0.1, -0.05) is 48.0 Å². The third-order valence-corrected chi connectivity index (χ3v) is 4.92. The number of carboxylic acid groups (broad SMARTS) is 1. The lowest BCUT2D eigenvalue weighted by Crippen LogP contribution is -2.13. The second kappa shape index (κ2) is 6.91. The van der Waals surface area contributed by atoms with Gasteiger partial charge in [0.25, 0.3) is 5.91 Å². The Kier molecular flexibility index (Phi) is 4.67. The van der Waals surface area contributed by atoms with E-state index >= 15 is 0 Å². The van der Waals surface area contributed by atoms with Crippen LogP contribution >= 0.6 is 11.3 Å². The molecule has 3 rings (SSSR count). The summed E-state index contributed by atoms with van der Waals surface area (Å²) in [5.41, 5.74) is 3.16. The molecule has 0 radical (unpaired) electrons. The van der Waals surface area contributed by atoms with Crippen molar-refractivity contribution in [3.63, 3.8) is 0 Å². The van der Waals surface area contributed by atoms with Gasteiger partial charge in [-0.05, 0) is 31.5 Å². The Bertz CT molecular complexity index is 928. The van der Waals surface area contributed by atoms with Crippen molar-refractivity contribution in [3.8, 4) is 11.1 Å². The Morgan fingerprint density at radius 2 is 1.60 bits per heavy atom. The summed E-state index contributed by atoms with van der Waals surface area (Å²) < 4.78 is 0. The first kappa shape index (κ1) is 16.9. The van der Waals surface area contributed by atoms with E-state index in [0.29, 0.717) is 16.1 Å². The van der Waals surface area contributed by atoms with Gasteiger partial charge in [0.15, 0.2) is 0 Å². The van der Waals surface area contributed by atoms with Gasteiger partial charge in [0, 0.05) is 16.0 Å². The Hall–Kier alpha value is -2.92. The van der Waals surface area contributed by atoms with Crippen molar-refractivity contribution in [3.05, 3.63) is 76.2 Å². The molecule has 0 unspecified atom stereocenters. The van der Waals surface area contributed by atoms with Crippen molar-refractivity contribution in [1.29, 1.82) is 0 Å². The molecule has 1 heterocycles. The minimum absolute atomic E-state index is 0.133. The number of aryl methyl sites for hydroxylation is 2. The van der Waals surface area contributed by atoms with E-state index < -0.39 is 5.97 Å². The number of hydrogen-bond acceptors (Lipinski definition) is 3. The minimum atomic E-state index is -1.05. The average molecular weight is 351 g/mol. The number of anilines is 1. The van der Waals surface area contributed by atoms with E-state index in [2.05, 4.69) is 5.32 Å². The zero-order chi connectivity index (χ0) is 18.0. The molecule has 1 aromatic heterocycles. The summed E-state index contributed by atoms with van der Waals surface area (Å²) in [6.07, 6.45) is 0. The molecule has 2 N–H and O–H groups in total. The Morgan fingerprint density at radius 1 is 0.960 bits per heavy atom. The van der Waals surface area contributed by atoms with E-state index in [4.69, 9.17) is 0 Å². The largest absolute Gasteiger partial charge is 0.478 e. The zero-order valence-electron chi connectivity index (χ0n) is 13.9. The third-order valence-electron chi connectivity index (χ3n) is 3.90. The molecule has 1 amide bonds. The van der Waals surface area contributed by atoms with Crippen LogP contribution in [0.3, 0.4) is 0 Å². The van der Waals surface area contributed by atoms with Gasteiger partial charge in [0.05, 0.1) is 0 Å². The number of hydrogen-bond donors (Lipinski definition) is 2. The fourth-order valence-electron chi connectivity index (χ4n) is 2.67. The van der Waals surface area contributed by atoms with E-state index in [9.17, 15) is 14.7 Å². The van der Waals surface area contributed by atoms with Gasteiger partial charge < -0.3 is 10.4 Å². The number of thiophene rings is 1. The smallest absolute Gasteiger partial charge is 0.339 e. The van der Waals surface area contributed by atoms with Gasteiger partial charge in [-0.2, -0.15) is 0 Å². The highest BCUT2D eigenvalue weighted by Gasteiger charge is 2.24. The standard InChI is InChI=1S/C20H17NO3S/c1-12-8-10-15(11-9-12)18(22)21-19-17(20(23)24)16(13(2)25-19)14-6-4-3-5-7-14/h3-11H,1-2H3,(H,21,22)(H,23,24). The lowest BCUT2D eigenvalue weighted by atomic mass is 10.0. The molecule has 0 aliphatic rings. The summed E-state index contributed by atoms with van der Waals surface area (Å²) in [6, 6.07) is 16.5. The fourth-order valence-corrected chi connectivity index (χ4v) is 3.73. The molecule has 4 nitrogen and oxygen atoms in total. The number of rotatable bonds is 4. The molecule has 0 aliphatic carbocycles. The van der Waals surface area contributed by atoms with Crippen molar-refractivity contribution in [2.45, 2.75) is 13.8 Å². The second-order valence-electron chi connectivity index (χ2n) is 5.73. The number of amides is 1. The highest BCUT2D eigenvalue weighted by Crippen LogP contribution is 2.40. The molecule has 25 heavy (non-hydrogen) atoms. The van der Waals surface area contributed by atoms with Crippen LogP contribution in [-0.2, 0) is 0 Å². The lowest BCUT2D eigenvalue weighted by molar-refractivity contribution is 0.0699. The first-order valence-corrected chi connectivity index (χ1v) is 8.59. The highest BCUT2D eigenvalue weighted by atomic mass is 32.1. The van der Waals surface area contributed by atoms with Gasteiger partial charge in [0.1, 0.15) is 10.6 Å². The van der Waals surface area contributed by atoms with Crippen molar-refractivity contribution >= 4 is 28.2 Å². The number of benzene rings is 2. The normalized spacial score (nSPS) is 10.5. The number of carbonyl (C=O) groups is 2. The summed E-state index contributed by atoms with van der Waals surface area (Å²) in [6.45, 7) is 3.81. The van der Waals surface area contributed by atoms with Crippen LogP contribution in [0.15, 0.2) is 54.6 Å². The highest BCUT2D eigenvalue weighted by molar-refractivity contribution is 7.17. The second-order valence-corrected chi connectivity index (χ2v) is 6.95. The maximum Gasteiger partial charge on any atom is 0.339 e. The molecule has 0 saturated carbocycles. The Morgan fingerprint density at radius 3 is 2.20 bits per heavy atom. The molecule has 0 spiro atoms. The number of nitrogens with one attached hydrogen (secondary N) is 1. The fraction of sp³-hybridized carbons (Fsp3) is 0.100. The van der Waals surface area contributed by atoms with Crippen LogP contribution in [0.4, 0.5) is 5.00 Å². The van der Waals surface area contributed by atoms with E-state index in [1.54, 1.807) is 12.1 Å². The molecular weight excluding hydrogens is 334 g/mol. The van der Waals surface area contributed by atoms with Gasteiger partial charge in [-0.15, -0.1) is 11.3 Å². The molecular formula is C20H17NO3S. The quantitative estimate of drug-likeness (QED) is 0.696. The van der Waals surface area contributed by atoms with Gasteiger partial charge in [-0.25, -0.2) is 4.79 Å². The molecule has 126 valence electrons. The summed E-state index contributed by atoms with van der Waals surface area (Å²) in [5, 5.41) is 12.8. The molecule has 0 fully saturated rings. The zero-order valence-corrected chi connectivity index (χ0v) is 14.7. The summed E-state index contributed by atoms with van der Waals surface area (Å²) in [5.74, 6) is -1.37. The first-order valence-electron chi connectivity index (χ1n) is 7.77. The van der Waals surface area contributed by atoms with Crippen molar-refractivity contribution in [2.24, 2.45) is 0 Å². The van der Waals surface area contributed by atoms with E-state index in [0.717, 1.165) is 16.0 Å². The van der Waals surface area contributed by atoms with E-state index in [1.807, 2.05) is 56.3 Å². The monoisotopic (exact) mass is 351 g/mol. The molecule has 0 aliphatic heterocycles. The summed E-state index contributed by atoms with van der Waals surface area (Å²) >= 11 is 1.28. The molecule has 0 saturated heterocycles. The van der Waals surface area contributed by atoms with Gasteiger partial charge in [0.2, 0.25) is 0 Å². The van der Waals surface area contributed by atoms with Gasteiger partial charge >= 0.3 is 5.97 Å². The molecule has 0 bridgehead atoms. The predicted octanol–water partition coefficient (Wildman–Crippen LogP) is 4.98. The maximum absolute atomic E-state index is 12.5. The average Bonchev–Trinajstić information content (AvgIpc) is 2.92. The van der Waals surface area contributed by atoms with Crippen LogP contribution in [-0.4, -0.2) is 17.0 Å². The molecule has 3 aromatic rings. The number of carboxylic acids is 1. The Balaban J connectivity index is 2.01. The maximum atomic E-state index is 12.5. The summed E-state index contributed by atoms with van der Waals surface area (Å²) in [7, 11) is 0. The van der Waals surface area contributed by atoms with Crippen LogP contribution in [0.25, 0.3) is 11.1 Å². The number of carbonyl (C=O) groups excluding carboxylic acids is 1. The van der Waals surface area contributed by atoms with Crippen LogP contribution in [0, 0.1) is 13.8 Å². The Labute approximate surface area is 149 Å². The van der Waals surface area contributed by atoms with E-state index in [-0.39, 0.29) is 11.5 Å². The third kappa shape index (κ3) is 3.46. The molecule has 5 heteroatoms. The van der Waals surface area contributed by atoms with Crippen LogP contribution in [0.1, 0.15) is 31.2 Å². The predicted molar refractivity (Wildman–Crippen MR) is 101 cm³/mol. The first-order chi connectivity index (χ1) is 12.0. The van der Waals surface area contributed by atoms with Crippen LogP contribution in [0.2, 0.25) is 0 Å². The number of aromatic carboxylic acids is 1.